The molecular formula is C15H26N2. The molecule has 2 saturated carbocycles. The first-order valence-corrected chi connectivity index (χ1v) is 7.72. The van der Waals surface area contributed by atoms with E-state index < -0.39 is 0 Å². The number of rotatable bonds is 1. The van der Waals surface area contributed by atoms with Crippen LogP contribution in [0.2, 0.25) is 0 Å². The quantitative estimate of drug-likeness (QED) is 0.725. The topological polar surface area (TPSA) is 24.1 Å². The van der Waals surface area contributed by atoms with E-state index in [-0.39, 0.29) is 0 Å². The molecule has 17 heavy (non-hydrogen) atoms. The van der Waals surface area contributed by atoms with Crippen LogP contribution in [0.25, 0.3) is 0 Å². The predicted octanol–water partition coefficient (Wildman–Crippen LogP) is 2.01. The van der Waals surface area contributed by atoms with Crippen molar-refractivity contribution in [2.24, 2.45) is 29.6 Å². The highest BCUT2D eigenvalue weighted by atomic mass is 15.1. The van der Waals surface area contributed by atoms with Gasteiger partial charge >= 0.3 is 0 Å². The highest BCUT2D eigenvalue weighted by molar-refractivity contribution is 5.08. The maximum Gasteiger partial charge on any atom is 0.0118 e. The Balaban J connectivity index is 1.47. The smallest absolute Gasteiger partial charge is 0.0118 e. The average molecular weight is 234 g/mol. The van der Waals surface area contributed by atoms with Crippen molar-refractivity contribution in [3.8, 4) is 0 Å². The third-order valence-electron chi connectivity index (χ3n) is 6.40. The molecule has 96 valence electrons. The molecule has 4 bridgehead atoms. The van der Waals surface area contributed by atoms with Crippen LogP contribution < -0.4 is 10.6 Å². The molecule has 3 heterocycles. The minimum absolute atomic E-state index is 0.845. The van der Waals surface area contributed by atoms with E-state index in [2.05, 4.69) is 24.5 Å². The Morgan fingerprint density at radius 1 is 0.824 bits per heavy atom. The van der Waals surface area contributed by atoms with Crippen LogP contribution in [0.15, 0.2) is 0 Å². The molecule has 5 unspecified atom stereocenters. The van der Waals surface area contributed by atoms with Gasteiger partial charge in [-0.3, -0.25) is 0 Å². The molecule has 6 atom stereocenters. The molecule has 2 nitrogen and oxygen atoms in total. The molecular weight excluding hydrogens is 208 g/mol. The molecule has 2 heteroatoms. The van der Waals surface area contributed by atoms with Crippen LogP contribution in [0.4, 0.5) is 0 Å². The Bertz CT molecular complexity index is 290. The van der Waals surface area contributed by atoms with Gasteiger partial charge in [0, 0.05) is 18.1 Å². The van der Waals surface area contributed by atoms with Crippen molar-refractivity contribution in [3.05, 3.63) is 0 Å². The molecule has 0 aromatic heterocycles. The van der Waals surface area contributed by atoms with Gasteiger partial charge in [-0.05, 0) is 61.8 Å². The van der Waals surface area contributed by atoms with Crippen molar-refractivity contribution in [1.82, 2.24) is 10.6 Å². The lowest BCUT2D eigenvalue weighted by Crippen LogP contribution is -2.68. The van der Waals surface area contributed by atoms with Crippen molar-refractivity contribution in [2.45, 2.75) is 57.7 Å². The summed E-state index contributed by atoms with van der Waals surface area (Å²) in [5.74, 6) is 4.96. The standard InChI is InChI=1S/C15H26N2/c1-8-3-13-15(14(4-8)17-13)10-5-11-7-16-12(6-10)9(11)2/h8-17H,3-7H2,1-2H3/t8?,9-,10?,11?,12?,13?,14?,15?/m1/s1. The number of fused-ring (bicyclic) bond motifs is 4. The van der Waals surface area contributed by atoms with Gasteiger partial charge < -0.3 is 10.6 Å². The van der Waals surface area contributed by atoms with Crippen LogP contribution in [0.1, 0.15) is 39.5 Å². The Labute approximate surface area is 105 Å². The zero-order valence-corrected chi connectivity index (χ0v) is 11.2. The second kappa shape index (κ2) is 3.71. The van der Waals surface area contributed by atoms with Crippen molar-refractivity contribution in [2.75, 3.05) is 6.54 Å². The first-order chi connectivity index (χ1) is 8.22. The average Bonchev–Trinajstić information content (AvgIpc) is 2.51. The molecule has 5 rings (SSSR count). The number of hydrogen-bond acceptors (Lipinski definition) is 2. The van der Waals surface area contributed by atoms with Crippen molar-refractivity contribution < 1.29 is 0 Å². The molecule has 0 radical (unpaired) electrons. The number of nitrogens with one attached hydrogen (secondary N) is 2. The van der Waals surface area contributed by atoms with Gasteiger partial charge in [-0.2, -0.15) is 0 Å². The van der Waals surface area contributed by atoms with Crippen LogP contribution in [-0.4, -0.2) is 24.7 Å². The van der Waals surface area contributed by atoms with Crippen molar-refractivity contribution in [3.63, 3.8) is 0 Å². The molecule has 2 aliphatic carbocycles. The van der Waals surface area contributed by atoms with Crippen LogP contribution in [0.5, 0.6) is 0 Å². The molecule has 5 fully saturated rings. The van der Waals surface area contributed by atoms with E-state index in [4.69, 9.17) is 0 Å². The summed E-state index contributed by atoms with van der Waals surface area (Å²) < 4.78 is 0. The molecule has 2 N–H and O–H groups in total. The lowest BCUT2D eigenvalue weighted by atomic mass is 9.59. The summed E-state index contributed by atoms with van der Waals surface area (Å²) in [6, 6.07) is 2.60. The fourth-order valence-corrected chi connectivity index (χ4v) is 5.45. The van der Waals surface area contributed by atoms with Crippen LogP contribution in [0, 0.1) is 29.6 Å². The Morgan fingerprint density at radius 3 is 2.29 bits per heavy atom. The number of piperidine rings is 1. The third kappa shape index (κ3) is 1.53. The largest absolute Gasteiger partial charge is 0.313 e. The summed E-state index contributed by atoms with van der Waals surface area (Å²) in [6.07, 6.45) is 5.86. The SMILES string of the molecule is CC1CC2NC(C1)C2C1CC2CNC(C1)[C@@H]2C. The van der Waals surface area contributed by atoms with E-state index in [1.807, 2.05) is 0 Å². The Morgan fingerprint density at radius 2 is 1.59 bits per heavy atom. The molecule has 0 aromatic rings. The van der Waals surface area contributed by atoms with Crippen molar-refractivity contribution in [1.29, 1.82) is 0 Å². The van der Waals surface area contributed by atoms with E-state index in [0.29, 0.717) is 0 Å². The fourth-order valence-electron chi connectivity index (χ4n) is 5.45. The minimum Gasteiger partial charge on any atom is -0.313 e. The molecule has 5 aliphatic rings. The Hall–Kier alpha value is -0.0800. The highest BCUT2D eigenvalue weighted by Crippen LogP contribution is 2.49. The van der Waals surface area contributed by atoms with Crippen LogP contribution in [-0.2, 0) is 0 Å². The third-order valence-corrected chi connectivity index (χ3v) is 6.40. The van der Waals surface area contributed by atoms with E-state index in [1.165, 1.54) is 32.2 Å². The van der Waals surface area contributed by atoms with Gasteiger partial charge in [-0.25, -0.2) is 0 Å². The Kier molecular flexibility index (Phi) is 2.36. The predicted molar refractivity (Wildman–Crippen MR) is 69.8 cm³/mol. The van der Waals surface area contributed by atoms with Gasteiger partial charge in [0.2, 0.25) is 0 Å². The summed E-state index contributed by atoms with van der Waals surface area (Å²) in [4.78, 5) is 0. The minimum atomic E-state index is 0.845. The fraction of sp³-hybridized carbons (Fsp3) is 1.00. The van der Waals surface area contributed by atoms with Gasteiger partial charge in [-0.1, -0.05) is 13.8 Å². The normalized spacial score (nSPS) is 61.1. The molecule has 0 amide bonds. The van der Waals surface area contributed by atoms with Crippen LogP contribution in [0.3, 0.4) is 0 Å². The second-order valence-electron chi connectivity index (χ2n) is 7.40. The van der Waals surface area contributed by atoms with Crippen molar-refractivity contribution >= 4 is 0 Å². The summed E-state index contributed by atoms with van der Waals surface area (Å²) in [5, 5.41) is 7.55. The van der Waals surface area contributed by atoms with Crippen LogP contribution >= 0.6 is 0 Å². The zero-order valence-electron chi connectivity index (χ0n) is 11.2. The molecule has 3 saturated heterocycles. The van der Waals surface area contributed by atoms with Gasteiger partial charge in [-0.15, -0.1) is 0 Å². The lowest BCUT2D eigenvalue weighted by molar-refractivity contribution is -0.0140. The van der Waals surface area contributed by atoms with E-state index in [9.17, 15) is 0 Å². The monoisotopic (exact) mass is 234 g/mol. The summed E-state index contributed by atoms with van der Waals surface area (Å²) >= 11 is 0. The maximum atomic E-state index is 3.80. The summed E-state index contributed by atoms with van der Waals surface area (Å²) in [5.41, 5.74) is 0. The summed E-state index contributed by atoms with van der Waals surface area (Å²) in [6.45, 7) is 6.20. The zero-order chi connectivity index (χ0) is 11.6. The van der Waals surface area contributed by atoms with E-state index in [1.54, 1.807) is 0 Å². The molecule has 3 aliphatic heterocycles. The van der Waals surface area contributed by atoms with Gasteiger partial charge in [0.15, 0.2) is 0 Å². The van der Waals surface area contributed by atoms with E-state index >= 15 is 0 Å². The molecule has 0 aromatic carbocycles. The second-order valence-corrected chi connectivity index (χ2v) is 7.40. The summed E-state index contributed by atoms with van der Waals surface area (Å²) in [7, 11) is 0. The highest BCUT2D eigenvalue weighted by Gasteiger charge is 2.52. The van der Waals surface area contributed by atoms with Gasteiger partial charge in [0.25, 0.3) is 0 Å². The first kappa shape index (κ1) is 10.8. The number of hydrogen-bond donors (Lipinski definition) is 2. The maximum absolute atomic E-state index is 3.80. The van der Waals surface area contributed by atoms with Gasteiger partial charge in [0.05, 0.1) is 0 Å². The van der Waals surface area contributed by atoms with Gasteiger partial charge in [0.1, 0.15) is 0 Å². The van der Waals surface area contributed by atoms with E-state index in [0.717, 1.165) is 47.7 Å². The lowest BCUT2D eigenvalue weighted by Gasteiger charge is -2.57. The first-order valence-electron chi connectivity index (χ1n) is 7.72. The molecule has 0 spiro atoms.